The van der Waals surface area contributed by atoms with Crippen LogP contribution in [0.1, 0.15) is 23.3 Å². The molecule has 0 radical (unpaired) electrons. The number of hydrogen-bond donors (Lipinski definition) is 2. The maximum absolute atomic E-state index is 12.3. The Morgan fingerprint density at radius 2 is 1.15 bits per heavy atom. The van der Waals surface area contributed by atoms with Crippen LogP contribution in [0.3, 0.4) is 0 Å². The zero-order chi connectivity index (χ0) is 18.9. The minimum Gasteiger partial charge on any atom is -0.392 e. The van der Waals surface area contributed by atoms with E-state index in [9.17, 15) is 15.0 Å². The first-order valence-corrected chi connectivity index (χ1v) is 8.81. The Hall–Kier alpha value is -2.57. The van der Waals surface area contributed by atoms with Gasteiger partial charge in [0.15, 0.2) is 5.78 Å². The van der Waals surface area contributed by atoms with Crippen LogP contribution in [0.5, 0.6) is 0 Å². The first-order valence-electron chi connectivity index (χ1n) is 8.81. The van der Waals surface area contributed by atoms with Gasteiger partial charge in [-0.05, 0) is 23.3 Å². The lowest BCUT2D eigenvalue weighted by molar-refractivity contribution is -0.119. The monoisotopic (exact) mass is 364 g/mol. The fourth-order valence-corrected chi connectivity index (χ4v) is 3.56. The van der Waals surface area contributed by atoms with Crippen LogP contribution in [0.15, 0.2) is 84.0 Å². The molecule has 2 atom stereocenters. The second-order valence-corrected chi connectivity index (χ2v) is 6.60. The second-order valence-electron chi connectivity index (χ2n) is 6.60. The molecule has 2 aliphatic rings. The van der Waals surface area contributed by atoms with Crippen molar-refractivity contribution in [3.63, 3.8) is 0 Å². The van der Waals surface area contributed by atoms with Crippen molar-refractivity contribution >= 4 is 5.78 Å². The third kappa shape index (κ3) is 3.26. The third-order valence-corrected chi connectivity index (χ3v) is 4.83. The summed E-state index contributed by atoms with van der Waals surface area (Å²) in [6, 6.07) is 19.4. The highest BCUT2D eigenvalue weighted by atomic mass is 16.8. The number of carbonyl (C=O) groups excluding carboxylic acids is 1. The average Bonchev–Trinajstić information content (AvgIpc) is 3.10. The molecule has 1 aliphatic heterocycles. The van der Waals surface area contributed by atoms with Gasteiger partial charge in [-0.2, -0.15) is 0 Å². The number of carbonyl (C=O) groups is 1. The van der Waals surface area contributed by atoms with E-state index in [2.05, 4.69) is 0 Å². The summed E-state index contributed by atoms with van der Waals surface area (Å²) < 4.78 is 12.6. The molecule has 0 bridgehead atoms. The Bertz CT molecular complexity index is 812. The average molecular weight is 364 g/mol. The molecular formula is C22H20O5. The first kappa shape index (κ1) is 17.8. The fourth-order valence-electron chi connectivity index (χ4n) is 3.56. The molecule has 0 saturated carbocycles. The maximum Gasteiger partial charge on any atom is 0.210 e. The van der Waals surface area contributed by atoms with E-state index in [-0.39, 0.29) is 11.1 Å². The number of benzene rings is 2. The molecule has 1 fully saturated rings. The van der Waals surface area contributed by atoms with Gasteiger partial charge in [0.1, 0.15) is 12.2 Å². The lowest BCUT2D eigenvalue weighted by atomic mass is 9.94. The van der Waals surface area contributed by atoms with E-state index >= 15 is 0 Å². The summed E-state index contributed by atoms with van der Waals surface area (Å²) in [7, 11) is 0. The van der Waals surface area contributed by atoms with E-state index in [0.29, 0.717) is 0 Å². The van der Waals surface area contributed by atoms with Crippen LogP contribution >= 0.6 is 0 Å². The van der Waals surface area contributed by atoms with Crippen molar-refractivity contribution in [3.05, 3.63) is 95.1 Å². The van der Waals surface area contributed by atoms with Crippen molar-refractivity contribution in [3.8, 4) is 0 Å². The van der Waals surface area contributed by atoms with E-state index in [1.807, 2.05) is 60.7 Å². The largest absolute Gasteiger partial charge is 0.392 e. The summed E-state index contributed by atoms with van der Waals surface area (Å²) in [5.41, 5.74) is 2.19. The number of Topliss-reactive ketones (excluding diaryl/α,β-unsaturated/α-hetero) is 1. The van der Waals surface area contributed by atoms with Gasteiger partial charge >= 0.3 is 0 Å². The normalized spacial score (nSPS) is 24.0. The molecule has 2 N–H and O–H groups in total. The van der Waals surface area contributed by atoms with E-state index in [1.54, 1.807) is 0 Å². The van der Waals surface area contributed by atoms with Gasteiger partial charge in [-0.1, -0.05) is 60.7 Å². The molecule has 0 aromatic heterocycles. The highest BCUT2D eigenvalue weighted by Crippen LogP contribution is 2.49. The Morgan fingerprint density at radius 3 is 1.52 bits per heavy atom. The van der Waals surface area contributed by atoms with Crippen molar-refractivity contribution in [2.45, 2.75) is 18.0 Å². The molecule has 2 aromatic carbocycles. The van der Waals surface area contributed by atoms with Crippen molar-refractivity contribution in [2.24, 2.45) is 0 Å². The fraction of sp³-hybridized carbons (Fsp3) is 0.227. The quantitative estimate of drug-likeness (QED) is 0.872. The summed E-state index contributed by atoms with van der Waals surface area (Å²) >= 11 is 0. The summed E-state index contributed by atoms with van der Waals surface area (Å²) in [5, 5.41) is 19.2. The van der Waals surface area contributed by atoms with Crippen LogP contribution in [0.2, 0.25) is 0 Å². The number of ether oxygens (including phenoxy) is 2. The predicted octanol–water partition coefficient (Wildman–Crippen LogP) is 2.63. The Kier molecular flexibility index (Phi) is 4.76. The lowest BCUT2D eigenvalue weighted by Crippen LogP contribution is -2.33. The molecule has 1 saturated heterocycles. The van der Waals surface area contributed by atoms with Crippen molar-refractivity contribution < 1.29 is 24.5 Å². The van der Waals surface area contributed by atoms with Crippen LogP contribution in [0, 0.1) is 0 Å². The minimum absolute atomic E-state index is 0.155. The van der Waals surface area contributed by atoms with E-state index < -0.39 is 37.0 Å². The molecule has 0 amide bonds. The van der Waals surface area contributed by atoms with Gasteiger partial charge in [-0.3, -0.25) is 4.79 Å². The summed E-state index contributed by atoms with van der Waals surface area (Å²) in [6.45, 7) is -0.896. The molecule has 1 spiro atoms. The SMILES string of the molecule is O=C1C(CO)=CC2(C=C1CO)O[C@H](c1ccccc1)[C@@H](c1ccccc1)O2. The smallest absolute Gasteiger partial charge is 0.210 e. The number of ketones is 1. The summed E-state index contributed by atoms with van der Waals surface area (Å²) in [6.07, 6.45) is 2.20. The van der Waals surface area contributed by atoms with Crippen molar-refractivity contribution in [1.29, 1.82) is 0 Å². The molecule has 1 heterocycles. The zero-order valence-corrected chi connectivity index (χ0v) is 14.6. The standard InChI is InChI=1S/C22H20O5/c23-13-17-11-22(12-18(14-24)19(17)25)26-20(15-7-3-1-4-8-15)21(27-22)16-9-5-2-6-10-16/h1-12,20-21,23-24H,13-14H2/t20-,21-/m1/s1. The molecular weight excluding hydrogens is 344 g/mol. The van der Waals surface area contributed by atoms with Crippen LogP contribution < -0.4 is 0 Å². The summed E-state index contributed by atoms with van der Waals surface area (Å²) in [5.74, 6) is -1.71. The number of aliphatic hydroxyl groups excluding tert-OH is 2. The van der Waals surface area contributed by atoms with Crippen LogP contribution in [-0.4, -0.2) is 35.0 Å². The number of rotatable bonds is 4. The van der Waals surface area contributed by atoms with Gasteiger partial charge in [0.25, 0.3) is 0 Å². The first-order chi connectivity index (χ1) is 13.2. The molecule has 5 nitrogen and oxygen atoms in total. The van der Waals surface area contributed by atoms with Crippen LogP contribution in [-0.2, 0) is 14.3 Å². The second kappa shape index (κ2) is 7.21. The van der Waals surface area contributed by atoms with Gasteiger partial charge in [0, 0.05) is 11.1 Å². The summed E-state index contributed by atoms with van der Waals surface area (Å²) in [4.78, 5) is 12.3. The molecule has 0 unspecified atom stereocenters. The Balaban J connectivity index is 1.80. The molecule has 2 aromatic rings. The molecule has 138 valence electrons. The molecule has 5 heteroatoms. The number of hydrogen-bond acceptors (Lipinski definition) is 5. The van der Waals surface area contributed by atoms with Gasteiger partial charge < -0.3 is 19.7 Å². The van der Waals surface area contributed by atoms with Gasteiger partial charge in [-0.25, -0.2) is 0 Å². The van der Waals surface area contributed by atoms with E-state index in [1.165, 1.54) is 12.2 Å². The zero-order valence-electron chi connectivity index (χ0n) is 14.6. The van der Waals surface area contributed by atoms with E-state index in [0.717, 1.165) is 11.1 Å². The van der Waals surface area contributed by atoms with Crippen LogP contribution in [0.25, 0.3) is 0 Å². The lowest BCUT2D eigenvalue weighted by Gasteiger charge is -2.27. The molecule has 1 aliphatic carbocycles. The van der Waals surface area contributed by atoms with E-state index in [4.69, 9.17) is 9.47 Å². The third-order valence-electron chi connectivity index (χ3n) is 4.83. The Morgan fingerprint density at radius 1 is 0.741 bits per heavy atom. The topological polar surface area (TPSA) is 76.0 Å². The van der Waals surface area contributed by atoms with Gasteiger partial charge in [0.2, 0.25) is 5.79 Å². The van der Waals surface area contributed by atoms with Crippen LogP contribution in [0.4, 0.5) is 0 Å². The van der Waals surface area contributed by atoms with Crippen molar-refractivity contribution in [2.75, 3.05) is 13.2 Å². The van der Waals surface area contributed by atoms with Gasteiger partial charge in [-0.15, -0.1) is 0 Å². The highest BCUT2D eigenvalue weighted by molar-refractivity contribution is 6.09. The molecule has 4 rings (SSSR count). The number of aliphatic hydroxyl groups is 2. The highest BCUT2D eigenvalue weighted by Gasteiger charge is 2.48. The minimum atomic E-state index is -1.31. The Labute approximate surface area is 157 Å². The maximum atomic E-state index is 12.3. The molecule has 27 heavy (non-hydrogen) atoms. The predicted molar refractivity (Wildman–Crippen MR) is 98.6 cm³/mol. The van der Waals surface area contributed by atoms with Crippen molar-refractivity contribution in [1.82, 2.24) is 0 Å². The van der Waals surface area contributed by atoms with Gasteiger partial charge in [0.05, 0.1) is 13.2 Å².